The third kappa shape index (κ3) is 3.34. The molecule has 0 unspecified atom stereocenters. The molecule has 100 valence electrons. The summed E-state index contributed by atoms with van der Waals surface area (Å²) in [5.74, 6) is 0. The molecule has 0 bridgehead atoms. The van der Waals surface area contributed by atoms with Gasteiger partial charge in [-0.15, -0.1) is 0 Å². The van der Waals surface area contributed by atoms with Crippen molar-refractivity contribution < 1.29 is 5.11 Å². The van der Waals surface area contributed by atoms with E-state index in [-0.39, 0.29) is 12.1 Å². The molecule has 1 aromatic rings. The van der Waals surface area contributed by atoms with Crippen LogP contribution in [0.25, 0.3) is 0 Å². The quantitative estimate of drug-likeness (QED) is 0.891. The molecule has 3 heteroatoms. The minimum absolute atomic E-state index is 0.0424. The lowest BCUT2D eigenvalue weighted by Gasteiger charge is -2.36. The molecule has 1 aliphatic carbocycles. The van der Waals surface area contributed by atoms with Gasteiger partial charge in [0.25, 0.3) is 0 Å². The lowest BCUT2D eigenvalue weighted by Crippen LogP contribution is -2.49. The van der Waals surface area contributed by atoms with E-state index >= 15 is 0 Å². The smallest absolute Gasteiger partial charge is 0.0613 e. The summed E-state index contributed by atoms with van der Waals surface area (Å²) < 4.78 is 1.15. The Hall–Kier alpha value is -0.380. The van der Waals surface area contributed by atoms with Gasteiger partial charge in [-0.05, 0) is 37.0 Å². The third-order valence-corrected chi connectivity index (χ3v) is 4.89. The summed E-state index contributed by atoms with van der Waals surface area (Å²) in [6.45, 7) is 3.20. The van der Waals surface area contributed by atoms with Gasteiger partial charge in [-0.1, -0.05) is 47.3 Å². The first-order valence-electron chi connectivity index (χ1n) is 6.76. The summed E-state index contributed by atoms with van der Waals surface area (Å²) in [7, 11) is 0. The molecular weight excluding hydrogens is 290 g/mol. The molecule has 0 heterocycles. The molecule has 1 aromatic carbocycles. The lowest BCUT2D eigenvalue weighted by atomic mass is 9.82. The molecule has 0 atom stereocenters. The van der Waals surface area contributed by atoms with E-state index in [0.29, 0.717) is 0 Å². The highest BCUT2D eigenvalue weighted by molar-refractivity contribution is 9.10. The van der Waals surface area contributed by atoms with Crippen molar-refractivity contribution in [1.29, 1.82) is 0 Å². The second-order valence-electron chi connectivity index (χ2n) is 5.44. The number of rotatable bonds is 4. The largest absolute Gasteiger partial charge is 0.394 e. The molecule has 0 aromatic heterocycles. The molecule has 1 fully saturated rings. The fourth-order valence-electron chi connectivity index (χ4n) is 2.73. The average Bonchev–Trinajstić information content (AvgIpc) is 2.41. The topological polar surface area (TPSA) is 32.3 Å². The van der Waals surface area contributed by atoms with Crippen LogP contribution in [0.1, 0.15) is 43.2 Å². The van der Waals surface area contributed by atoms with Gasteiger partial charge in [-0.2, -0.15) is 0 Å². The van der Waals surface area contributed by atoms with Crippen LogP contribution in [-0.4, -0.2) is 17.3 Å². The van der Waals surface area contributed by atoms with Crippen molar-refractivity contribution in [3.8, 4) is 0 Å². The van der Waals surface area contributed by atoms with Crippen LogP contribution in [-0.2, 0) is 6.54 Å². The summed E-state index contributed by atoms with van der Waals surface area (Å²) in [5, 5.41) is 13.2. The molecule has 0 spiro atoms. The predicted octanol–water partition coefficient (Wildman–Crippen LogP) is 3.54. The number of halogens is 1. The Morgan fingerprint density at radius 1 is 1.28 bits per heavy atom. The minimum Gasteiger partial charge on any atom is -0.394 e. The molecule has 1 saturated carbocycles. The Bertz CT molecular complexity index is 399. The second-order valence-corrected chi connectivity index (χ2v) is 6.29. The Labute approximate surface area is 118 Å². The van der Waals surface area contributed by atoms with Crippen LogP contribution < -0.4 is 5.32 Å². The highest BCUT2D eigenvalue weighted by atomic mass is 79.9. The van der Waals surface area contributed by atoms with Crippen LogP contribution in [0.5, 0.6) is 0 Å². The van der Waals surface area contributed by atoms with Gasteiger partial charge in [0, 0.05) is 16.6 Å². The third-order valence-electron chi connectivity index (χ3n) is 4.00. The van der Waals surface area contributed by atoms with Crippen LogP contribution in [0, 0.1) is 6.92 Å². The van der Waals surface area contributed by atoms with Crippen molar-refractivity contribution in [1.82, 2.24) is 5.32 Å². The summed E-state index contributed by atoms with van der Waals surface area (Å²) in [6, 6.07) is 6.43. The standard InChI is InChI=1S/C15H22BrNO/c1-12-9-13(5-6-14(12)16)10-17-15(11-18)7-3-2-4-8-15/h5-6,9,17-18H,2-4,7-8,10-11H2,1H3. The van der Waals surface area contributed by atoms with Crippen LogP contribution in [0.2, 0.25) is 0 Å². The van der Waals surface area contributed by atoms with Crippen molar-refractivity contribution in [3.63, 3.8) is 0 Å². The van der Waals surface area contributed by atoms with E-state index in [1.165, 1.54) is 30.4 Å². The SMILES string of the molecule is Cc1cc(CNC2(CO)CCCCC2)ccc1Br. The van der Waals surface area contributed by atoms with Gasteiger partial charge in [0.2, 0.25) is 0 Å². The molecule has 2 rings (SSSR count). The fourth-order valence-corrected chi connectivity index (χ4v) is 2.97. The maximum Gasteiger partial charge on any atom is 0.0613 e. The number of aliphatic hydroxyl groups is 1. The zero-order valence-electron chi connectivity index (χ0n) is 11.0. The van der Waals surface area contributed by atoms with Crippen LogP contribution in [0.4, 0.5) is 0 Å². The number of nitrogens with one attached hydrogen (secondary N) is 1. The van der Waals surface area contributed by atoms with Gasteiger partial charge in [0.05, 0.1) is 6.61 Å². The first-order chi connectivity index (χ1) is 8.65. The van der Waals surface area contributed by atoms with E-state index in [4.69, 9.17) is 0 Å². The number of benzene rings is 1. The first-order valence-corrected chi connectivity index (χ1v) is 7.55. The molecule has 0 amide bonds. The molecule has 1 aliphatic rings. The number of hydrogen-bond acceptors (Lipinski definition) is 2. The highest BCUT2D eigenvalue weighted by Crippen LogP contribution is 2.28. The summed E-state index contributed by atoms with van der Waals surface area (Å²) in [6.07, 6.45) is 5.96. The first kappa shape index (κ1) is 14.0. The van der Waals surface area contributed by atoms with Gasteiger partial charge in [-0.3, -0.25) is 0 Å². The van der Waals surface area contributed by atoms with Crippen molar-refractivity contribution in [2.45, 2.75) is 51.1 Å². The van der Waals surface area contributed by atoms with E-state index in [1.54, 1.807) is 0 Å². The van der Waals surface area contributed by atoms with Gasteiger partial charge in [-0.25, -0.2) is 0 Å². The van der Waals surface area contributed by atoms with E-state index < -0.39 is 0 Å². The fraction of sp³-hybridized carbons (Fsp3) is 0.600. The normalized spacial score (nSPS) is 18.8. The summed E-state index contributed by atoms with van der Waals surface area (Å²) in [4.78, 5) is 0. The molecule has 2 N–H and O–H groups in total. The highest BCUT2D eigenvalue weighted by Gasteiger charge is 2.30. The van der Waals surface area contributed by atoms with Crippen LogP contribution in [0.3, 0.4) is 0 Å². The monoisotopic (exact) mass is 311 g/mol. The molecule has 18 heavy (non-hydrogen) atoms. The Morgan fingerprint density at radius 2 is 2.00 bits per heavy atom. The Kier molecular flexibility index (Phi) is 4.82. The van der Waals surface area contributed by atoms with Crippen molar-refractivity contribution in [2.75, 3.05) is 6.61 Å². The average molecular weight is 312 g/mol. The zero-order valence-corrected chi connectivity index (χ0v) is 12.6. The number of aryl methyl sites for hydroxylation is 1. The van der Waals surface area contributed by atoms with E-state index in [9.17, 15) is 5.11 Å². The van der Waals surface area contributed by atoms with E-state index in [0.717, 1.165) is 23.9 Å². The summed E-state index contributed by atoms with van der Waals surface area (Å²) in [5.41, 5.74) is 2.50. The number of aliphatic hydroxyl groups excluding tert-OH is 1. The lowest BCUT2D eigenvalue weighted by molar-refractivity contribution is 0.119. The zero-order chi connectivity index (χ0) is 13.0. The second kappa shape index (κ2) is 6.18. The summed E-state index contributed by atoms with van der Waals surface area (Å²) >= 11 is 3.52. The molecule has 0 aliphatic heterocycles. The Morgan fingerprint density at radius 3 is 2.61 bits per heavy atom. The minimum atomic E-state index is -0.0424. The maximum atomic E-state index is 9.65. The van der Waals surface area contributed by atoms with Crippen LogP contribution in [0.15, 0.2) is 22.7 Å². The van der Waals surface area contributed by atoms with Gasteiger partial charge in [0.1, 0.15) is 0 Å². The van der Waals surface area contributed by atoms with Crippen molar-refractivity contribution >= 4 is 15.9 Å². The maximum absolute atomic E-state index is 9.65. The van der Waals surface area contributed by atoms with E-state index in [2.05, 4.69) is 46.4 Å². The van der Waals surface area contributed by atoms with Gasteiger partial charge >= 0.3 is 0 Å². The number of hydrogen-bond donors (Lipinski definition) is 2. The van der Waals surface area contributed by atoms with Crippen molar-refractivity contribution in [3.05, 3.63) is 33.8 Å². The molecular formula is C15H22BrNO. The van der Waals surface area contributed by atoms with E-state index in [1.807, 2.05) is 0 Å². The van der Waals surface area contributed by atoms with Crippen LogP contribution >= 0.6 is 15.9 Å². The molecule has 2 nitrogen and oxygen atoms in total. The van der Waals surface area contributed by atoms with Gasteiger partial charge < -0.3 is 10.4 Å². The van der Waals surface area contributed by atoms with Gasteiger partial charge in [0.15, 0.2) is 0 Å². The predicted molar refractivity (Wildman–Crippen MR) is 78.6 cm³/mol. The molecule has 0 saturated heterocycles. The Balaban J connectivity index is 1.98. The molecule has 0 radical (unpaired) electrons. The van der Waals surface area contributed by atoms with Crippen molar-refractivity contribution in [2.24, 2.45) is 0 Å².